The number of pyridine rings is 1. The number of amides is 1. The molecule has 2 aromatic carbocycles. The van der Waals surface area contributed by atoms with Crippen LogP contribution < -0.4 is 5.32 Å². The molecule has 0 radical (unpaired) electrons. The number of anilines is 1. The van der Waals surface area contributed by atoms with Gasteiger partial charge >= 0.3 is 0 Å². The van der Waals surface area contributed by atoms with Gasteiger partial charge in [0.05, 0.1) is 42.0 Å². The third kappa shape index (κ3) is 4.60. The van der Waals surface area contributed by atoms with Crippen LogP contribution in [-0.4, -0.2) is 41.9 Å². The zero-order chi connectivity index (χ0) is 25.1. The van der Waals surface area contributed by atoms with Crippen molar-refractivity contribution in [1.29, 1.82) is 0 Å². The van der Waals surface area contributed by atoms with E-state index in [1.54, 1.807) is 16.9 Å². The molecule has 0 spiro atoms. The maximum absolute atomic E-state index is 13.1. The van der Waals surface area contributed by atoms with Gasteiger partial charge in [-0.2, -0.15) is 5.10 Å². The number of hydrogen-bond donors (Lipinski definition) is 2. The lowest BCUT2D eigenvalue weighted by atomic mass is 9.90. The Bertz CT molecular complexity index is 1460. The Morgan fingerprint density at radius 1 is 1.06 bits per heavy atom. The Balaban J connectivity index is 1.58. The number of aliphatic hydroxyl groups is 1. The molecule has 5 aromatic rings. The van der Waals surface area contributed by atoms with Crippen LogP contribution in [0.15, 0.2) is 79.1 Å². The number of imidazole rings is 1. The third-order valence-electron chi connectivity index (χ3n) is 6.03. The summed E-state index contributed by atoms with van der Waals surface area (Å²) in [6.45, 7) is 2.98. The second kappa shape index (κ2) is 10.3. The molecule has 5 rings (SSSR count). The smallest absolute Gasteiger partial charge is 0.258 e. The van der Waals surface area contributed by atoms with Gasteiger partial charge in [-0.05, 0) is 24.1 Å². The molecule has 2 N–H and O–H groups in total. The molecule has 1 amide bonds. The molecule has 0 aliphatic carbocycles. The predicted octanol–water partition coefficient (Wildman–Crippen LogP) is 4.73. The summed E-state index contributed by atoms with van der Waals surface area (Å²) in [6.07, 6.45) is 3.17. The van der Waals surface area contributed by atoms with Crippen LogP contribution in [0.25, 0.3) is 11.2 Å². The van der Waals surface area contributed by atoms with Gasteiger partial charge in [-0.1, -0.05) is 72.3 Å². The lowest BCUT2D eigenvalue weighted by Crippen LogP contribution is -2.13. The molecule has 36 heavy (non-hydrogen) atoms. The molecule has 0 unspecified atom stereocenters. The molecular formula is C27H25ClN6O2. The van der Waals surface area contributed by atoms with E-state index in [0.717, 1.165) is 22.5 Å². The maximum atomic E-state index is 13.1. The standard InChI is InChI=1S/C27H25ClN6O2/c1-2-34-22-15-21(27(36)30-20-16-29-33(17-20)13-14-35)24(28)31-25(22)32-26(34)23(18-9-5-3-6-10-18)19-11-7-4-8-12-19/h3-12,15-17,23,35H,2,13-14H2,1H3,(H,30,36). The van der Waals surface area contributed by atoms with E-state index < -0.39 is 5.91 Å². The maximum Gasteiger partial charge on any atom is 0.258 e. The summed E-state index contributed by atoms with van der Waals surface area (Å²) >= 11 is 6.46. The Kier molecular flexibility index (Phi) is 6.79. The topological polar surface area (TPSA) is 97.9 Å². The van der Waals surface area contributed by atoms with E-state index in [0.29, 0.717) is 24.4 Å². The van der Waals surface area contributed by atoms with Crippen molar-refractivity contribution >= 4 is 34.4 Å². The van der Waals surface area contributed by atoms with Crippen LogP contribution in [0.2, 0.25) is 5.15 Å². The molecule has 0 fully saturated rings. The zero-order valence-electron chi connectivity index (χ0n) is 19.7. The first kappa shape index (κ1) is 23.7. The fourth-order valence-electron chi connectivity index (χ4n) is 4.39. The molecule has 0 saturated heterocycles. The Morgan fingerprint density at radius 3 is 2.33 bits per heavy atom. The van der Waals surface area contributed by atoms with Gasteiger partial charge < -0.3 is 15.0 Å². The van der Waals surface area contributed by atoms with Crippen molar-refractivity contribution < 1.29 is 9.90 Å². The van der Waals surface area contributed by atoms with Gasteiger partial charge in [0.25, 0.3) is 5.91 Å². The number of fused-ring (bicyclic) bond motifs is 1. The highest BCUT2D eigenvalue weighted by molar-refractivity contribution is 6.33. The number of halogens is 1. The highest BCUT2D eigenvalue weighted by atomic mass is 35.5. The van der Waals surface area contributed by atoms with Crippen molar-refractivity contribution in [3.8, 4) is 0 Å². The number of nitrogens with one attached hydrogen (secondary N) is 1. The van der Waals surface area contributed by atoms with Crippen LogP contribution in [0.5, 0.6) is 0 Å². The highest BCUT2D eigenvalue weighted by Crippen LogP contribution is 2.34. The van der Waals surface area contributed by atoms with E-state index >= 15 is 0 Å². The second-order valence-corrected chi connectivity index (χ2v) is 8.67. The Labute approximate surface area is 213 Å². The first-order valence-corrected chi connectivity index (χ1v) is 12.1. The normalized spacial score (nSPS) is 11.3. The first-order valence-electron chi connectivity index (χ1n) is 11.7. The largest absolute Gasteiger partial charge is 0.394 e. The predicted molar refractivity (Wildman–Crippen MR) is 139 cm³/mol. The lowest BCUT2D eigenvalue weighted by Gasteiger charge is -2.19. The molecule has 0 bridgehead atoms. The number of carbonyl (C=O) groups is 1. The van der Waals surface area contributed by atoms with Gasteiger partial charge in [0.15, 0.2) is 5.65 Å². The summed E-state index contributed by atoms with van der Waals surface area (Å²) in [5, 5.41) is 16.1. The van der Waals surface area contributed by atoms with Gasteiger partial charge in [-0.3, -0.25) is 9.48 Å². The molecule has 8 nitrogen and oxygen atoms in total. The monoisotopic (exact) mass is 500 g/mol. The molecule has 0 atom stereocenters. The van der Waals surface area contributed by atoms with Crippen molar-refractivity contribution in [3.05, 3.63) is 107 Å². The fraction of sp³-hybridized carbons (Fsp3) is 0.185. The minimum Gasteiger partial charge on any atom is -0.394 e. The summed E-state index contributed by atoms with van der Waals surface area (Å²) in [6, 6.07) is 22.2. The quantitative estimate of drug-likeness (QED) is 0.300. The average Bonchev–Trinajstić information content (AvgIpc) is 3.48. The molecule has 3 aromatic heterocycles. The molecule has 0 aliphatic rings. The Morgan fingerprint density at radius 2 is 1.72 bits per heavy atom. The van der Waals surface area contributed by atoms with Crippen molar-refractivity contribution in [2.24, 2.45) is 0 Å². The van der Waals surface area contributed by atoms with Gasteiger partial charge in [0, 0.05) is 12.7 Å². The minimum absolute atomic E-state index is 0.0439. The number of aromatic nitrogens is 5. The third-order valence-corrected chi connectivity index (χ3v) is 6.32. The minimum atomic E-state index is -0.397. The number of carbonyl (C=O) groups excluding carboxylic acids is 1. The summed E-state index contributed by atoms with van der Waals surface area (Å²) < 4.78 is 3.63. The van der Waals surface area contributed by atoms with E-state index in [1.807, 2.05) is 43.3 Å². The van der Waals surface area contributed by atoms with E-state index in [9.17, 15) is 4.79 Å². The number of hydrogen-bond acceptors (Lipinski definition) is 5. The van der Waals surface area contributed by atoms with Crippen LogP contribution in [0, 0.1) is 0 Å². The van der Waals surface area contributed by atoms with Gasteiger partial charge in [0.1, 0.15) is 11.0 Å². The number of nitrogens with zero attached hydrogens (tertiary/aromatic N) is 5. The number of benzene rings is 2. The van der Waals surface area contributed by atoms with Crippen LogP contribution >= 0.6 is 11.6 Å². The van der Waals surface area contributed by atoms with Gasteiger partial charge in [0.2, 0.25) is 0 Å². The summed E-state index contributed by atoms with van der Waals surface area (Å²) in [4.78, 5) is 22.5. The summed E-state index contributed by atoms with van der Waals surface area (Å²) in [7, 11) is 0. The fourth-order valence-corrected chi connectivity index (χ4v) is 4.61. The Hall–Kier alpha value is -4.01. The van der Waals surface area contributed by atoms with Crippen LogP contribution in [-0.2, 0) is 13.1 Å². The zero-order valence-corrected chi connectivity index (χ0v) is 20.4. The van der Waals surface area contributed by atoms with E-state index in [2.05, 4.69) is 44.2 Å². The van der Waals surface area contributed by atoms with E-state index in [4.69, 9.17) is 21.7 Å². The summed E-state index contributed by atoms with van der Waals surface area (Å²) in [5.41, 5.74) is 4.19. The van der Waals surface area contributed by atoms with Crippen LogP contribution in [0.1, 0.15) is 40.2 Å². The van der Waals surface area contributed by atoms with E-state index in [-0.39, 0.29) is 23.2 Å². The molecule has 9 heteroatoms. The molecule has 182 valence electrons. The summed E-state index contributed by atoms with van der Waals surface area (Å²) in [5.74, 6) is 0.317. The van der Waals surface area contributed by atoms with E-state index in [1.165, 1.54) is 6.20 Å². The van der Waals surface area contributed by atoms with Crippen molar-refractivity contribution in [2.45, 2.75) is 25.9 Å². The lowest BCUT2D eigenvalue weighted by molar-refractivity contribution is 0.102. The highest BCUT2D eigenvalue weighted by Gasteiger charge is 2.25. The van der Waals surface area contributed by atoms with Crippen molar-refractivity contribution in [1.82, 2.24) is 24.3 Å². The number of rotatable bonds is 8. The SMILES string of the molecule is CCn1c(C(c2ccccc2)c2ccccc2)nc2nc(Cl)c(C(=O)Nc3cnn(CCO)c3)cc21. The molecule has 3 heterocycles. The van der Waals surface area contributed by atoms with Crippen LogP contribution in [0.4, 0.5) is 5.69 Å². The van der Waals surface area contributed by atoms with Crippen molar-refractivity contribution in [3.63, 3.8) is 0 Å². The average molecular weight is 501 g/mol. The number of aliphatic hydroxyl groups excluding tert-OH is 1. The van der Waals surface area contributed by atoms with Gasteiger partial charge in [-0.25, -0.2) is 9.97 Å². The second-order valence-electron chi connectivity index (χ2n) is 8.31. The first-order chi connectivity index (χ1) is 17.6. The van der Waals surface area contributed by atoms with Crippen LogP contribution in [0.3, 0.4) is 0 Å². The number of aryl methyl sites for hydroxylation is 1. The van der Waals surface area contributed by atoms with Gasteiger partial charge in [-0.15, -0.1) is 0 Å². The molecular weight excluding hydrogens is 476 g/mol. The van der Waals surface area contributed by atoms with Crippen molar-refractivity contribution in [2.75, 3.05) is 11.9 Å². The molecule has 0 saturated carbocycles. The molecule has 0 aliphatic heterocycles.